The Labute approximate surface area is 187 Å². The van der Waals surface area contributed by atoms with Gasteiger partial charge in [-0.05, 0) is 75.5 Å². The van der Waals surface area contributed by atoms with Gasteiger partial charge in [0.25, 0.3) is 0 Å². The molecule has 0 rings (SSSR count). The molecule has 180 valence electrons. The molecule has 3 N–H and O–H groups in total. The number of hydrogen-bond acceptors (Lipinski definition) is 3. The van der Waals surface area contributed by atoms with Crippen molar-refractivity contribution in [1.29, 1.82) is 0 Å². The first-order valence-electron chi connectivity index (χ1n) is 12.1. The number of hydrogen-bond donors (Lipinski definition) is 2. The molecule has 0 atom stereocenters. The van der Waals surface area contributed by atoms with Crippen molar-refractivity contribution in [2.75, 3.05) is 40.3 Å². The van der Waals surface area contributed by atoms with E-state index < -0.39 is 0 Å². The van der Waals surface area contributed by atoms with Gasteiger partial charge < -0.3 is 16.0 Å². The Balaban J connectivity index is -0.000000354. The zero-order chi connectivity index (χ0) is 23.6. The first-order chi connectivity index (χ1) is 13.0. The molecule has 0 amide bonds. The third-order valence-electron chi connectivity index (χ3n) is 4.41. The van der Waals surface area contributed by atoms with Crippen molar-refractivity contribution in [3.8, 4) is 0 Å². The molecule has 0 aliphatic rings. The molecule has 0 heterocycles. The maximum absolute atomic E-state index is 5.33. The fourth-order valence-corrected chi connectivity index (χ4v) is 2.60. The smallest absolute Gasteiger partial charge is 0.00745 e. The van der Waals surface area contributed by atoms with Crippen LogP contribution in [0.25, 0.3) is 0 Å². The lowest BCUT2D eigenvalue weighted by Crippen LogP contribution is -2.24. The van der Waals surface area contributed by atoms with Gasteiger partial charge in [-0.2, -0.15) is 0 Å². The van der Waals surface area contributed by atoms with E-state index >= 15 is 0 Å². The molecule has 3 nitrogen and oxygen atoms in total. The molecule has 0 aromatic carbocycles. The molecule has 0 saturated heterocycles. The number of nitrogens with one attached hydrogen (secondary N) is 1. The highest BCUT2D eigenvalue weighted by Crippen LogP contribution is 2.21. The number of unbranched alkanes of at least 4 members (excludes halogenated alkanes) is 1. The van der Waals surface area contributed by atoms with E-state index in [4.69, 9.17) is 5.73 Å². The molecule has 3 heteroatoms. The third-order valence-corrected chi connectivity index (χ3v) is 4.41. The van der Waals surface area contributed by atoms with Crippen LogP contribution < -0.4 is 11.1 Å². The van der Waals surface area contributed by atoms with Gasteiger partial charge in [-0.15, -0.1) is 0 Å². The second-order valence-corrected chi connectivity index (χ2v) is 12.3. The monoisotopic (exact) mass is 415 g/mol. The summed E-state index contributed by atoms with van der Waals surface area (Å²) in [6.07, 6.45) is 9.25. The van der Waals surface area contributed by atoms with Gasteiger partial charge in [0.2, 0.25) is 0 Å². The van der Waals surface area contributed by atoms with Crippen LogP contribution in [0.5, 0.6) is 0 Å². The topological polar surface area (TPSA) is 41.3 Å². The van der Waals surface area contributed by atoms with Crippen molar-refractivity contribution >= 4 is 0 Å². The van der Waals surface area contributed by atoms with Gasteiger partial charge in [-0.1, -0.05) is 82.1 Å². The molecule has 0 aromatic rings. The minimum absolute atomic E-state index is 0.477. The van der Waals surface area contributed by atoms with E-state index in [0.717, 1.165) is 19.6 Å². The summed E-state index contributed by atoms with van der Waals surface area (Å²) in [7, 11) is 4.26. The predicted molar refractivity (Wildman–Crippen MR) is 137 cm³/mol. The van der Waals surface area contributed by atoms with Crippen molar-refractivity contribution < 1.29 is 0 Å². The maximum atomic E-state index is 5.33. The quantitative estimate of drug-likeness (QED) is 0.379. The molecule has 0 aliphatic heterocycles. The Hall–Kier alpha value is -0.120. The molecular formula is C26H61N3. The highest BCUT2D eigenvalue weighted by Gasteiger charge is 2.09. The average Bonchev–Trinajstić information content (AvgIpc) is 2.50. The fraction of sp³-hybridized carbons (Fsp3) is 1.00. The molecule has 0 bridgehead atoms. The standard InChI is InChI=1S/C9H22N2.C9H21N.C8H18/c1-9(2,3)5-4-7-11-8-6-10;1-9(2,3)7-6-8-10(4)5;1-5-6-7-8(2,3)4/h11H,4-8,10H2,1-3H3;6-8H2,1-5H3;5-7H2,1-4H3. The summed E-state index contributed by atoms with van der Waals surface area (Å²) in [4.78, 5) is 2.24. The highest BCUT2D eigenvalue weighted by atomic mass is 15.0. The minimum atomic E-state index is 0.477. The Morgan fingerprint density at radius 3 is 1.38 bits per heavy atom. The van der Waals surface area contributed by atoms with Crippen LogP contribution in [0.4, 0.5) is 0 Å². The van der Waals surface area contributed by atoms with Gasteiger partial charge in [0, 0.05) is 13.1 Å². The van der Waals surface area contributed by atoms with E-state index in [0.29, 0.717) is 16.2 Å². The predicted octanol–water partition coefficient (Wildman–Crippen LogP) is 6.96. The lowest BCUT2D eigenvalue weighted by molar-refractivity contribution is 0.319. The van der Waals surface area contributed by atoms with Crippen molar-refractivity contribution in [2.24, 2.45) is 22.0 Å². The Kier molecular flexibility index (Phi) is 21.5. The summed E-state index contributed by atoms with van der Waals surface area (Å²) in [5.41, 5.74) is 6.87. The summed E-state index contributed by atoms with van der Waals surface area (Å²) in [6, 6.07) is 0. The van der Waals surface area contributed by atoms with Crippen LogP contribution in [0.1, 0.15) is 114 Å². The van der Waals surface area contributed by atoms with E-state index in [-0.39, 0.29) is 0 Å². The van der Waals surface area contributed by atoms with Gasteiger partial charge in [0.05, 0.1) is 0 Å². The van der Waals surface area contributed by atoms with E-state index in [2.05, 4.69) is 93.5 Å². The summed E-state index contributed by atoms with van der Waals surface area (Å²) in [6.45, 7) is 26.8. The van der Waals surface area contributed by atoms with Crippen LogP contribution >= 0.6 is 0 Å². The van der Waals surface area contributed by atoms with Crippen LogP contribution in [-0.2, 0) is 0 Å². The summed E-state index contributed by atoms with van der Waals surface area (Å²) >= 11 is 0. The maximum Gasteiger partial charge on any atom is 0.00745 e. The molecule has 0 fully saturated rings. The van der Waals surface area contributed by atoms with Gasteiger partial charge in [0.15, 0.2) is 0 Å². The summed E-state index contributed by atoms with van der Waals surface area (Å²) in [5, 5.41) is 3.28. The van der Waals surface area contributed by atoms with Crippen molar-refractivity contribution in [3.05, 3.63) is 0 Å². The lowest BCUT2D eigenvalue weighted by atomic mass is 9.90. The molecule has 0 saturated carbocycles. The normalized spacial score (nSPS) is 12.2. The molecule has 0 spiro atoms. The zero-order valence-electron chi connectivity index (χ0n) is 22.8. The van der Waals surface area contributed by atoms with E-state index in [1.807, 2.05) is 0 Å². The number of rotatable bonds is 10. The second-order valence-electron chi connectivity index (χ2n) is 12.3. The Morgan fingerprint density at radius 2 is 1.07 bits per heavy atom. The Morgan fingerprint density at radius 1 is 0.655 bits per heavy atom. The third kappa shape index (κ3) is 47.2. The summed E-state index contributed by atoms with van der Waals surface area (Å²) in [5.74, 6) is 0. The molecule has 29 heavy (non-hydrogen) atoms. The fourth-order valence-electron chi connectivity index (χ4n) is 2.60. The first-order valence-corrected chi connectivity index (χ1v) is 12.1. The van der Waals surface area contributed by atoms with E-state index in [1.54, 1.807) is 0 Å². The van der Waals surface area contributed by atoms with Crippen molar-refractivity contribution in [1.82, 2.24) is 10.2 Å². The van der Waals surface area contributed by atoms with Crippen LogP contribution in [0.15, 0.2) is 0 Å². The molecule has 0 radical (unpaired) electrons. The minimum Gasteiger partial charge on any atom is -0.329 e. The number of nitrogens with two attached hydrogens (primary N) is 1. The van der Waals surface area contributed by atoms with Crippen molar-refractivity contribution in [2.45, 2.75) is 114 Å². The van der Waals surface area contributed by atoms with E-state index in [1.165, 1.54) is 51.5 Å². The van der Waals surface area contributed by atoms with Gasteiger partial charge in [-0.3, -0.25) is 0 Å². The van der Waals surface area contributed by atoms with Crippen LogP contribution in [0.2, 0.25) is 0 Å². The van der Waals surface area contributed by atoms with Crippen LogP contribution in [0, 0.1) is 16.2 Å². The largest absolute Gasteiger partial charge is 0.329 e. The molecular weight excluding hydrogens is 354 g/mol. The Bertz CT molecular complexity index is 316. The SMILES string of the molecule is CC(C)(C)CCCNCCN.CCCCC(C)(C)C.CN(C)CCCC(C)(C)C. The van der Waals surface area contributed by atoms with Crippen LogP contribution in [0.3, 0.4) is 0 Å². The average molecular weight is 416 g/mol. The highest BCUT2D eigenvalue weighted by molar-refractivity contribution is 4.62. The van der Waals surface area contributed by atoms with Crippen molar-refractivity contribution in [3.63, 3.8) is 0 Å². The van der Waals surface area contributed by atoms with Crippen LogP contribution in [-0.4, -0.2) is 45.2 Å². The van der Waals surface area contributed by atoms with Gasteiger partial charge >= 0.3 is 0 Å². The first kappa shape index (κ1) is 33.5. The van der Waals surface area contributed by atoms with Gasteiger partial charge in [-0.25, -0.2) is 0 Å². The van der Waals surface area contributed by atoms with E-state index in [9.17, 15) is 0 Å². The molecule has 0 aliphatic carbocycles. The van der Waals surface area contributed by atoms with Gasteiger partial charge in [0.1, 0.15) is 0 Å². The summed E-state index contributed by atoms with van der Waals surface area (Å²) < 4.78 is 0. The number of nitrogens with zero attached hydrogens (tertiary/aromatic N) is 1. The molecule has 0 aromatic heterocycles. The lowest BCUT2D eigenvalue weighted by Gasteiger charge is -2.19. The second kappa shape index (κ2) is 18.6. The zero-order valence-corrected chi connectivity index (χ0v) is 22.8. The molecule has 0 unspecified atom stereocenters.